The Morgan fingerprint density at radius 2 is 2.15 bits per heavy atom. The van der Waals surface area contributed by atoms with E-state index in [1.54, 1.807) is 11.9 Å². The lowest BCUT2D eigenvalue weighted by Gasteiger charge is -2.28. The SMILES string of the molecule is CC1CCN(C)C(=O)C(CO)N1C. The smallest absolute Gasteiger partial charge is 0.242 e. The van der Waals surface area contributed by atoms with Crippen LogP contribution in [0.5, 0.6) is 0 Å². The maximum Gasteiger partial charge on any atom is 0.242 e. The van der Waals surface area contributed by atoms with Crippen LogP contribution in [0.3, 0.4) is 0 Å². The molecule has 0 spiro atoms. The monoisotopic (exact) mass is 186 g/mol. The highest BCUT2D eigenvalue weighted by Crippen LogP contribution is 2.13. The topological polar surface area (TPSA) is 43.8 Å². The largest absolute Gasteiger partial charge is 0.394 e. The van der Waals surface area contributed by atoms with Crippen molar-refractivity contribution < 1.29 is 9.90 Å². The Morgan fingerprint density at radius 3 is 2.69 bits per heavy atom. The molecule has 2 unspecified atom stereocenters. The number of likely N-dealkylation sites (N-methyl/N-ethyl adjacent to an activating group) is 2. The first kappa shape index (κ1) is 10.5. The van der Waals surface area contributed by atoms with E-state index in [0.717, 1.165) is 13.0 Å². The van der Waals surface area contributed by atoms with Gasteiger partial charge in [-0.1, -0.05) is 0 Å². The van der Waals surface area contributed by atoms with Crippen LogP contribution in [0.4, 0.5) is 0 Å². The highest BCUT2D eigenvalue weighted by Gasteiger charge is 2.31. The van der Waals surface area contributed by atoms with E-state index in [0.29, 0.717) is 6.04 Å². The minimum Gasteiger partial charge on any atom is -0.394 e. The molecule has 1 amide bonds. The Balaban J connectivity index is 2.80. The number of aliphatic hydroxyl groups is 1. The number of amides is 1. The molecule has 1 aliphatic heterocycles. The van der Waals surface area contributed by atoms with Gasteiger partial charge in [0.05, 0.1) is 6.61 Å². The van der Waals surface area contributed by atoms with Gasteiger partial charge in [0.15, 0.2) is 0 Å². The molecule has 76 valence electrons. The molecule has 0 aliphatic carbocycles. The zero-order chi connectivity index (χ0) is 10.0. The molecule has 4 heteroatoms. The van der Waals surface area contributed by atoms with Gasteiger partial charge in [0.25, 0.3) is 0 Å². The Bertz CT molecular complexity index is 196. The van der Waals surface area contributed by atoms with Crippen LogP contribution in [-0.2, 0) is 4.79 Å². The third kappa shape index (κ3) is 2.00. The minimum atomic E-state index is -0.359. The summed E-state index contributed by atoms with van der Waals surface area (Å²) in [6, 6.07) is -0.00597. The maximum absolute atomic E-state index is 11.7. The van der Waals surface area contributed by atoms with Crippen LogP contribution in [0, 0.1) is 0 Å². The molecule has 1 fully saturated rings. The fraction of sp³-hybridized carbons (Fsp3) is 0.889. The van der Waals surface area contributed by atoms with Crippen molar-refractivity contribution in [3.05, 3.63) is 0 Å². The molecule has 0 bridgehead atoms. The van der Waals surface area contributed by atoms with E-state index >= 15 is 0 Å². The van der Waals surface area contributed by atoms with E-state index in [1.165, 1.54) is 0 Å². The van der Waals surface area contributed by atoms with Gasteiger partial charge in [0.1, 0.15) is 6.04 Å². The lowest BCUT2D eigenvalue weighted by molar-refractivity contribution is -0.135. The van der Waals surface area contributed by atoms with Crippen molar-refractivity contribution in [3.8, 4) is 0 Å². The van der Waals surface area contributed by atoms with Crippen LogP contribution < -0.4 is 0 Å². The molecule has 1 rings (SSSR count). The van der Waals surface area contributed by atoms with Crippen LogP contribution in [0.2, 0.25) is 0 Å². The van der Waals surface area contributed by atoms with E-state index in [1.807, 2.05) is 11.9 Å². The second-order valence-corrected chi connectivity index (χ2v) is 3.76. The molecule has 4 nitrogen and oxygen atoms in total. The number of carbonyl (C=O) groups excluding carboxylic acids is 1. The summed E-state index contributed by atoms with van der Waals surface area (Å²) >= 11 is 0. The average Bonchev–Trinajstić information content (AvgIpc) is 2.20. The highest BCUT2D eigenvalue weighted by atomic mass is 16.3. The van der Waals surface area contributed by atoms with Gasteiger partial charge in [-0.3, -0.25) is 9.69 Å². The zero-order valence-corrected chi connectivity index (χ0v) is 8.53. The van der Waals surface area contributed by atoms with Gasteiger partial charge in [-0.25, -0.2) is 0 Å². The first-order chi connectivity index (χ1) is 6.07. The van der Waals surface area contributed by atoms with Gasteiger partial charge in [-0.15, -0.1) is 0 Å². The summed E-state index contributed by atoms with van der Waals surface area (Å²) in [5.74, 6) is 0.0225. The number of hydrogen-bond donors (Lipinski definition) is 1. The van der Waals surface area contributed by atoms with Crippen molar-refractivity contribution in [1.82, 2.24) is 9.80 Å². The van der Waals surface area contributed by atoms with E-state index in [-0.39, 0.29) is 18.6 Å². The van der Waals surface area contributed by atoms with Crippen LogP contribution in [0.1, 0.15) is 13.3 Å². The number of nitrogens with zero attached hydrogens (tertiary/aromatic N) is 2. The van der Waals surface area contributed by atoms with Gasteiger partial charge >= 0.3 is 0 Å². The molecule has 0 saturated carbocycles. The van der Waals surface area contributed by atoms with E-state index in [4.69, 9.17) is 5.11 Å². The van der Waals surface area contributed by atoms with Crippen molar-refractivity contribution in [2.24, 2.45) is 0 Å². The van der Waals surface area contributed by atoms with Crippen molar-refractivity contribution in [3.63, 3.8) is 0 Å². The predicted octanol–water partition coefficient (Wildman–Crippen LogP) is -0.470. The summed E-state index contributed by atoms with van der Waals surface area (Å²) in [6.45, 7) is 2.76. The summed E-state index contributed by atoms with van der Waals surface area (Å²) in [6.07, 6.45) is 0.968. The molecular weight excluding hydrogens is 168 g/mol. The van der Waals surface area contributed by atoms with Crippen LogP contribution >= 0.6 is 0 Å². The molecular formula is C9H18N2O2. The molecule has 1 heterocycles. The van der Waals surface area contributed by atoms with Gasteiger partial charge < -0.3 is 10.0 Å². The van der Waals surface area contributed by atoms with Crippen molar-refractivity contribution in [2.45, 2.75) is 25.4 Å². The summed E-state index contributed by atoms with van der Waals surface area (Å²) in [5.41, 5.74) is 0. The summed E-state index contributed by atoms with van der Waals surface area (Å²) < 4.78 is 0. The molecule has 1 saturated heterocycles. The Labute approximate surface area is 79.1 Å². The lowest BCUT2D eigenvalue weighted by atomic mass is 10.2. The van der Waals surface area contributed by atoms with E-state index in [2.05, 4.69) is 6.92 Å². The second-order valence-electron chi connectivity index (χ2n) is 3.76. The summed E-state index contributed by atoms with van der Waals surface area (Å²) in [4.78, 5) is 15.3. The van der Waals surface area contributed by atoms with Crippen LogP contribution in [0.25, 0.3) is 0 Å². The van der Waals surface area contributed by atoms with Gasteiger partial charge in [-0.05, 0) is 20.4 Å². The average molecular weight is 186 g/mol. The van der Waals surface area contributed by atoms with E-state index < -0.39 is 0 Å². The number of hydrogen-bond acceptors (Lipinski definition) is 3. The molecule has 0 aromatic heterocycles. The number of aliphatic hydroxyl groups excluding tert-OH is 1. The Morgan fingerprint density at radius 1 is 1.54 bits per heavy atom. The molecule has 0 aromatic carbocycles. The van der Waals surface area contributed by atoms with E-state index in [9.17, 15) is 4.79 Å². The molecule has 0 aromatic rings. The number of carbonyl (C=O) groups is 1. The Kier molecular flexibility index (Phi) is 3.27. The number of rotatable bonds is 1. The quantitative estimate of drug-likeness (QED) is 0.602. The molecule has 1 N–H and O–H groups in total. The minimum absolute atomic E-state index is 0.0225. The fourth-order valence-corrected chi connectivity index (χ4v) is 1.64. The van der Waals surface area contributed by atoms with Gasteiger partial charge in [0.2, 0.25) is 5.91 Å². The highest BCUT2D eigenvalue weighted by molar-refractivity contribution is 5.82. The summed E-state index contributed by atoms with van der Waals surface area (Å²) in [7, 11) is 3.68. The zero-order valence-electron chi connectivity index (χ0n) is 8.53. The first-order valence-corrected chi connectivity index (χ1v) is 4.65. The van der Waals surface area contributed by atoms with Gasteiger partial charge in [0, 0.05) is 19.6 Å². The fourth-order valence-electron chi connectivity index (χ4n) is 1.64. The standard InChI is InChI=1S/C9H18N2O2/c1-7-4-5-10(2)9(13)8(6-12)11(7)3/h7-8,12H,4-6H2,1-3H3. The normalized spacial score (nSPS) is 32.0. The maximum atomic E-state index is 11.7. The van der Waals surface area contributed by atoms with Crippen LogP contribution in [-0.4, -0.2) is 60.1 Å². The molecule has 1 aliphatic rings. The molecule has 2 atom stereocenters. The van der Waals surface area contributed by atoms with Crippen molar-refractivity contribution in [2.75, 3.05) is 27.2 Å². The third-order valence-corrected chi connectivity index (χ3v) is 2.90. The first-order valence-electron chi connectivity index (χ1n) is 4.65. The van der Waals surface area contributed by atoms with Crippen molar-refractivity contribution in [1.29, 1.82) is 0 Å². The lowest BCUT2D eigenvalue weighted by Crippen LogP contribution is -2.47. The third-order valence-electron chi connectivity index (χ3n) is 2.90. The van der Waals surface area contributed by atoms with Crippen molar-refractivity contribution >= 4 is 5.91 Å². The summed E-state index contributed by atoms with van der Waals surface area (Å²) in [5, 5.41) is 9.10. The molecule has 13 heavy (non-hydrogen) atoms. The Hall–Kier alpha value is -0.610. The molecule has 0 radical (unpaired) electrons. The van der Waals surface area contributed by atoms with Gasteiger partial charge in [-0.2, -0.15) is 0 Å². The second kappa shape index (κ2) is 4.07. The predicted molar refractivity (Wildman–Crippen MR) is 50.4 cm³/mol. The van der Waals surface area contributed by atoms with Crippen LogP contribution in [0.15, 0.2) is 0 Å².